The SMILES string of the molecule is Cc1cccc(C(=O)OCC(=O)N[C@H]2CCCc3ccccc32)c1O. The summed E-state index contributed by atoms with van der Waals surface area (Å²) >= 11 is 0. The molecule has 0 aliphatic heterocycles. The van der Waals surface area contributed by atoms with Gasteiger partial charge in [-0.1, -0.05) is 36.4 Å². The summed E-state index contributed by atoms with van der Waals surface area (Å²) in [7, 11) is 0. The molecular weight excluding hydrogens is 318 g/mol. The van der Waals surface area contributed by atoms with E-state index in [2.05, 4.69) is 11.4 Å². The predicted octanol–water partition coefficient (Wildman–Crippen LogP) is 3.05. The fraction of sp³-hybridized carbons (Fsp3) is 0.300. The van der Waals surface area contributed by atoms with Gasteiger partial charge < -0.3 is 15.2 Å². The van der Waals surface area contributed by atoms with Crippen LogP contribution in [0.3, 0.4) is 0 Å². The Morgan fingerprint density at radius 2 is 2.00 bits per heavy atom. The largest absolute Gasteiger partial charge is 0.507 e. The molecule has 1 atom stereocenters. The predicted molar refractivity (Wildman–Crippen MR) is 93.4 cm³/mol. The summed E-state index contributed by atoms with van der Waals surface area (Å²) in [5.74, 6) is -1.17. The van der Waals surface area contributed by atoms with Crippen molar-refractivity contribution >= 4 is 11.9 Å². The molecule has 0 aromatic heterocycles. The molecule has 2 aromatic carbocycles. The van der Waals surface area contributed by atoms with Gasteiger partial charge in [-0.2, -0.15) is 0 Å². The zero-order valence-electron chi connectivity index (χ0n) is 14.1. The van der Waals surface area contributed by atoms with Crippen LogP contribution in [0.2, 0.25) is 0 Å². The third-order valence-corrected chi connectivity index (χ3v) is 4.50. The molecule has 1 aliphatic carbocycles. The van der Waals surface area contributed by atoms with E-state index in [4.69, 9.17) is 4.74 Å². The van der Waals surface area contributed by atoms with E-state index in [1.54, 1.807) is 19.1 Å². The van der Waals surface area contributed by atoms with Crippen LogP contribution in [0.5, 0.6) is 5.75 Å². The van der Waals surface area contributed by atoms with Crippen LogP contribution in [0, 0.1) is 6.92 Å². The topological polar surface area (TPSA) is 75.6 Å². The second-order valence-electron chi connectivity index (χ2n) is 6.26. The molecule has 0 saturated heterocycles. The minimum Gasteiger partial charge on any atom is -0.507 e. The number of nitrogens with one attached hydrogen (secondary N) is 1. The number of amides is 1. The molecule has 25 heavy (non-hydrogen) atoms. The molecule has 130 valence electrons. The monoisotopic (exact) mass is 339 g/mol. The first-order valence-electron chi connectivity index (χ1n) is 8.39. The van der Waals surface area contributed by atoms with Crippen LogP contribution in [0.15, 0.2) is 42.5 Å². The summed E-state index contributed by atoms with van der Waals surface area (Å²) < 4.78 is 5.04. The Labute approximate surface area is 146 Å². The van der Waals surface area contributed by atoms with Crippen molar-refractivity contribution in [2.45, 2.75) is 32.2 Å². The molecule has 3 rings (SSSR count). The van der Waals surface area contributed by atoms with E-state index in [1.165, 1.54) is 11.6 Å². The van der Waals surface area contributed by atoms with Crippen molar-refractivity contribution < 1.29 is 19.4 Å². The van der Waals surface area contributed by atoms with Crippen molar-refractivity contribution in [3.63, 3.8) is 0 Å². The quantitative estimate of drug-likeness (QED) is 0.840. The number of ether oxygens (including phenoxy) is 1. The first-order valence-corrected chi connectivity index (χ1v) is 8.39. The summed E-state index contributed by atoms with van der Waals surface area (Å²) in [5, 5.41) is 12.8. The number of esters is 1. The highest BCUT2D eigenvalue weighted by atomic mass is 16.5. The van der Waals surface area contributed by atoms with E-state index < -0.39 is 5.97 Å². The molecule has 0 spiro atoms. The number of rotatable bonds is 4. The molecule has 1 amide bonds. The van der Waals surface area contributed by atoms with Gasteiger partial charge in [0.25, 0.3) is 5.91 Å². The number of hydrogen-bond donors (Lipinski definition) is 2. The van der Waals surface area contributed by atoms with Crippen molar-refractivity contribution in [2.75, 3.05) is 6.61 Å². The minimum atomic E-state index is -0.708. The second kappa shape index (κ2) is 7.38. The minimum absolute atomic E-state index is 0.0523. The van der Waals surface area contributed by atoms with Gasteiger partial charge in [0.2, 0.25) is 0 Å². The van der Waals surface area contributed by atoms with Gasteiger partial charge >= 0.3 is 5.97 Å². The Morgan fingerprint density at radius 1 is 1.20 bits per heavy atom. The third-order valence-electron chi connectivity index (χ3n) is 4.50. The highest BCUT2D eigenvalue weighted by molar-refractivity contribution is 5.94. The number of benzene rings is 2. The molecule has 0 unspecified atom stereocenters. The van der Waals surface area contributed by atoms with Gasteiger partial charge in [-0.15, -0.1) is 0 Å². The summed E-state index contributed by atoms with van der Waals surface area (Å²) in [5.41, 5.74) is 3.03. The van der Waals surface area contributed by atoms with Crippen LogP contribution in [0.4, 0.5) is 0 Å². The number of aryl methyl sites for hydroxylation is 2. The molecule has 0 bridgehead atoms. The van der Waals surface area contributed by atoms with Crippen LogP contribution in [-0.4, -0.2) is 23.6 Å². The molecule has 0 saturated carbocycles. The van der Waals surface area contributed by atoms with Gasteiger partial charge in [0.1, 0.15) is 11.3 Å². The Bertz CT molecular complexity index is 800. The molecule has 5 heteroatoms. The van der Waals surface area contributed by atoms with Crippen LogP contribution in [0.1, 0.15) is 45.9 Å². The lowest BCUT2D eigenvalue weighted by molar-refractivity contribution is -0.125. The van der Waals surface area contributed by atoms with Crippen molar-refractivity contribution in [3.05, 3.63) is 64.7 Å². The number of carbonyl (C=O) groups excluding carboxylic acids is 2. The van der Waals surface area contributed by atoms with E-state index in [1.807, 2.05) is 18.2 Å². The molecule has 2 N–H and O–H groups in total. The number of para-hydroxylation sites is 1. The van der Waals surface area contributed by atoms with Gasteiger partial charge in [0.15, 0.2) is 6.61 Å². The maximum atomic E-state index is 12.2. The zero-order chi connectivity index (χ0) is 17.8. The Morgan fingerprint density at radius 3 is 2.84 bits per heavy atom. The zero-order valence-corrected chi connectivity index (χ0v) is 14.1. The molecule has 1 aliphatic rings. The van der Waals surface area contributed by atoms with E-state index in [9.17, 15) is 14.7 Å². The second-order valence-corrected chi connectivity index (χ2v) is 6.26. The molecule has 0 fully saturated rings. The highest BCUT2D eigenvalue weighted by Gasteiger charge is 2.22. The summed E-state index contributed by atoms with van der Waals surface area (Å²) in [6, 6.07) is 12.8. The highest BCUT2D eigenvalue weighted by Crippen LogP contribution is 2.29. The van der Waals surface area contributed by atoms with Crippen LogP contribution < -0.4 is 5.32 Å². The van der Waals surface area contributed by atoms with Crippen molar-refractivity contribution in [1.82, 2.24) is 5.32 Å². The molecular formula is C20H21NO4. The van der Waals surface area contributed by atoms with E-state index >= 15 is 0 Å². The average molecular weight is 339 g/mol. The van der Waals surface area contributed by atoms with E-state index in [-0.39, 0.29) is 29.9 Å². The smallest absolute Gasteiger partial charge is 0.342 e. The number of aromatic hydroxyl groups is 1. The van der Waals surface area contributed by atoms with E-state index in [0.29, 0.717) is 5.56 Å². The number of hydrogen-bond acceptors (Lipinski definition) is 4. The Kier molecular flexibility index (Phi) is 5.03. The fourth-order valence-electron chi connectivity index (χ4n) is 3.17. The maximum Gasteiger partial charge on any atom is 0.342 e. The molecule has 0 heterocycles. The summed E-state index contributed by atoms with van der Waals surface area (Å²) in [6.07, 6.45) is 2.90. The lowest BCUT2D eigenvalue weighted by Crippen LogP contribution is -2.34. The third kappa shape index (κ3) is 3.82. The Hall–Kier alpha value is -2.82. The summed E-state index contributed by atoms with van der Waals surface area (Å²) in [4.78, 5) is 24.2. The van der Waals surface area contributed by atoms with Crippen molar-refractivity contribution in [1.29, 1.82) is 0 Å². The molecule has 2 aromatic rings. The Balaban J connectivity index is 1.59. The van der Waals surface area contributed by atoms with Crippen LogP contribution in [-0.2, 0) is 16.0 Å². The van der Waals surface area contributed by atoms with Crippen molar-refractivity contribution in [2.24, 2.45) is 0 Å². The summed E-state index contributed by atoms with van der Waals surface area (Å²) in [6.45, 7) is 1.32. The number of phenolic OH excluding ortho intramolecular Hbond substituents is 1. The lowest BCUT2D eigenvalue weighted by Gasteiger charge is -2.26. The first kappa shape index (κ1) is 17.0. The molecule has 0 radical (unpaired) electrons. The van der Waals surface area contributed by atoms with Crippen LogP contribution >= 0.6 is 0 Å². The van der Waals surface area contributed by atoms with Gasteiger partial charge in [-0.3, -0.25) is 4.79 Å². The van der Waals surface area contributed by atoms with Gasteiger partial charge in [0, 0.05) is 0 Å². The fourth-order valence-corrected chi connectivity index (χ4v) is 3.17. The standard InChI is InChI=1S/C20H21NO4/c1-13-6-4-10-16(19(13)23)20(24)25-12-18(22)21-17-11-5-8-14-7-2-3-9-15(14)17/h2-4,6-7,9-10,17,23H,5,8,11-12H2,1H3,(H,21,22)/t17-/m0/s1. The van der Waals surface area contributed by atoms with Gasteiger partial charge in [-0.05, 0) is 48.9 Å². The van der Waals surface area contributed by atoms with E-state index in [0.717, 1.165) is 24.8 Å². The lowest BCUT2D eigenvalue weighted by atomic mass is 9.88. The van der Waals surface area contributed by atoms with Gasteiger partial charge in [-0.25, -0.2) is 4.79 Å². The van der Waals surface area contributed by atoms with Gasteiger partial charge in [0.05, 0.1) is 6.04 Å². The maximum absolute atomic E-state index is 12.2. The number of fused-ring (bicyclic) bond motifs is 1. The number of phenols is 1. The number of carbonyl (C=O) groups is 2. The first-order chi connectivity index (χ1) is 12.1. The average Bonchev–Trinajstić information content (AvgIpc) is 2.62. The molecule has 5 nitrogen and oxygen atoms in total. The normalized spacial score (nSPS) is 16.0. The van der Waals surface area contributed by atoms with Crippen molar-refractivity contribution in [3.8, 4) is 5.75 Å². The van der Waals surface area contributed by atoms with Crippen LogP contribution in [0.25, 0.3) is 0 Å².